The van der Waals surface area contributed by atoms with Gasteiger partial charge in [0, 0.05) is 24.0 Å². The van der Waals surface area contributed by atoms with Crippen molar-refractivity contribution < 1.29 is 0 Å². The van der Waals surface area contributed by atoms with E-state index in [4.69, 9.17) is 0 Å². The number of nitrogens with zero attached hydrogens (tertiary/aromatic N) is 3. The Morgan fingerprint density at radius 1 is 1.47 bits per heavy atom. The number of hydrogen-bond acceptors (Lipinski definition) is 4. The highest BCUT2D eigenvalue weighted by Gasteiger charge is 2.09. The molecule has 0 bridgehead atoms. The number of nitrogens with one attached hydrogen (secondary N) is 1. The fraction of sp³-hybridized carbons (Fsp3) is 0.533. The average molecular weight is 260 g/mol. The van der Waals surface area contributed by atoms with E-state index in [0.717, 1.165) is 29.9 Å². The van der Waals surface area contributed by atoms with E-state index in [1.54, 1.807) is 6.20 Å². The Morgan fingerprint density at radius 3 is 2.79 bits per heavy atom. The van der Waals surface area contributed by atoms with Crippen molar-refractivity contribution in [1.82, 2.24) is 9.97 Å². The molecule has 0 aliphatic carbocycles. The minimum absolute atomic E-state index is 0.404. The molecule has 1 atom stereocenters. The number of anilines is 1. The van der Waals surface area contributed by atoms with Crippen LogP contribution in [0.25, 0.3) is 0 Å². The van der Waals surface area contributed by atoms with Gasteiger partial charge in [-0.1, -0.05) is 19.9 Å². The molecule has 104 valence electrons. The van der Waals surface area contributed by atoms with Crippen molar-refractivity contribution >= 4 is 11.5 Å². The van der Waals surface area contributed by atoms with Crippen LogP contribution < -0.4 is 5.32 Å². The van der Waals surface area contributed by atoms with Crippen molar-refractivity contribution in [2.75, 3.05) is 5.32 Å². The van der Waals surface area contributed by atoms with Crippen molar-refractivity contribution in [1.29, 1.82) is 0 Å². The summed E-state index contributed by atoms with van der Waals surface area (Å²) in [5.41, 5.74) is 1.97. The van der Waals surface area contributed by atoms with E-state index in [1.165, 1.54) is 0 Å². The Bertz CT molecular complexity index is 463. The molecule has 0 spiro atoms. The molecule has 1 aromatic heterocycles. The smallest absolute Gasteiger partial charge is 0.175 e. The van der Waals surface area contributed by atoms with E-state index in [-0.39, 0.29) is 0 Å². The Labute approximate surface area is 116 Å². The van der Waals surface area contributed by atoms with Gasteiger partial charge in [0.05, 0.1) is 5.71 Å². The molecule has 0 fully saturated rings. The SMILES string of the molecule is C/C=C\N=C(/C)c1ncc(CC)c(N[C@H](C)CC)n1. The summed E-state index contributed by atoms with van der Waals surface area (Å²) in [5, 5.41) is 3.44. The third-order valence-electron chi connectivity index (χ3n) is 2.98. The second kappa shape index (κ2) is 7.67. The summed E-state index contributed by atoms with van der Waals surface area (Å²) in [6.07, 6.45) is 7.52. The molecular weight excluding hydrogens is 236 g/mol. The first-order valence-electron chi connectivity index (χ1n) is 6.90. The van der Waals surface area contributed by atoms with Gasteiger partial charge in [0.15, 0.2) is 5.82 Å². The van der Waals surface area contributed by atoms with Crippen LogP contribution in [-0.4, -0.2) is 21.7 Å². The number of hydrogen-bond donors (Lipinski definition) is 1. The van der Waals surface area contributed by atoms with Gasteiger partial charge >= 0.3 is 0 Å². The van der Waals surface area contributed by atoms with Gasteiger partial charge in [-0.15, -0.1) is 0 Å². The second-order valence-electron chi connectivity index (χ2n) is 4.57. The van der Waals surface area contributed by atoms with Crippen LogP contribution in [0.2, 0.25) is 0 Å². The summed E-state index contributed by atoms with van der Waals surface area (Å²) in [7, 11) is 0. The van der Waals surface area contributed by atoms with E-state index in [9.17, 15) is 0 Å². The van der Waals surface area contributed by atoms with Gasteiger partial charge in [-0.25, -0.2) is 9.97 Å². The quantitative estimate of drug-likeness (QED) is 0.795. The van der Waals surface area contributed by atoms with Crippen LogP contribution in [0.3, 0.4) is 0 Å². The lowest BCUT2D eigenvalue weighted by Gasteiger charge is -2.15. The summed E-state index contributed by atoms with van der Waals surface area (Å²) < 4.78 is 0. The first kappa shape index (κ1) is 15.3. The fourth-order valence-corrected chi connectivity index (χ4v) is 1.54. The molecule has 1 N–H and O–H groups in total. The molecular formula is C15H24N4. The Balaban J connectivity index is 3.07. The summed E-state index contributed by atoms with van der Waals surface area (Å²) in [6, 6.07) is 0.404. The van der Waals surface area contributed by atoms with Crippen molar-refractivity contribution in [2.24, 2.45) is 4.99 Å². The molecule has 1 rings (SSSR count). The monoisotopic (exact) mass is 260 g/mol. The maximum Gasteiger partial charge on any atom is 0.175 e. The molecule has 4 nitrogen and oxygen atoms in total. The summed E-state index contributed by atoms with van der Waals surface area (Å²) in [5.74, 6) is 1.61. The summed E-state index contributed by atoms with van der Waals surface area (Å²) in [4.78, 5) is 13.3. The molecule has 19 heavy (non-hydrogen) atoms. The average Bonchev–Trinajstić information content (AvgIpc) is 2.44. The third kappa shape index (κ3) is 4.47. The minimum Gasteiger partial charge on any atom is -0.367 e. The zero-order chi connectivity index (χ0) is 14.3. The van der Waals surface area contributed by atoms with Crippen molar-refractivity contribution in [3.05, 3.63) is 29.9 Å². The number of rotatable bonds is 6. The van der Waals surface area contributed by atoms with Crippen LogP contribution in [0, 0.1) is 0 Å². The standard InChI is InChI=1S/C15H24N4/c1-6-9-16-12(5)14-17-10-13(8-3)15(19-14)18-11(4)7-2/h6,9-11H,7-8H2,1-5H3,(H,17,18,19)/b9-6-,16-12+/t11-/m1/s1. The highest BCUT2D eigenvalue weighted by Crippen LogP contribution is 2.15. The lowest BCUT2D eigenvalue weighted by atomic mass is 10.2. The molecule has 0 aliphatic rings. The fourth-order valence-electron chi connectivity index (χ4n) is 1.54. The highest BCUT2D eigenvalue weighted by molar-refractivity contribution is 5.95. The van der Waals surface area contributed by atoms with Crippen molar-refractivity contribution in [2.45, 2.75) is 53.5 Å². The molecule has 0 saturated carbocycles. The first-order valence-corrected chi connectivity index (χ1v) is 6.90. The number of allylic oxidation sites excluding steroid dienone is 1. The maximum absolute atomic E-state index is 4.60. The Kier molecular flexibility index (Phi) is 6.19. The molecule has 0 aromatic carbocycles. The Morgan fingerprint density at radius 2 is 2.21 bits per heavy atom. The van der Waals surface area contributed by atoms with Crippen LogP contribution >= 0.6 is 0 Å². The molecule has 0 unspecified atom stereocenters. The lowest BCUT2D eigenvalue weighted by molar-refractivity contribution is 0.755. The van der Waals surface area contributed by atoms with Gasteiger partial charge in [0.25, 0.3) is 0 Å². The highest BCUT2D eigenvalue weighted by atomic mass is 15.1. The van der Waals surface area contributed by atoms with Gasteiger partial charge in [-0.3, -0.25) is 4.99 Å². The Hall–Kier alpha value is -1.71. The first-order chi connectivity index (χ1) is 9.12. The normalized spacial score (nSPS) is 13.8. The largest absolute Gasteiger partial charge is 0.367 e. The van der Waals surface area contributed by atoms with Crippen molar-refractivity contribution in [3.8, 4) is 0 Å². The van der Waals surface area contributed by atoms with Gasteiger partial charge < -0.3 is 5.32 Å². The van der Waals surface area contributed by atoms with E-state index in [1.807, 2.05) is 26.1 Å². The van der Waals surface area contributed by atoms with Crippen LogP contribution in [0.5, 0.6) is 0 Å². The molecule has 4 heteroatoms. The summed E-state index contributed by atoms with van der Waals surface area (Å²) in [6.45, 7) is 10.3. The predicted molar refractivity (Wildman–Crippen MR) is 81.8 cm³/mol. The van der Waals surface area contributed by atoms with Gasteiger partial charge in [-0.2, -0.15) is 0 Å². The predicted octanol–water partition coefficient (Wildman–Crippen LogP) is 3.59. The molecule has 0 saturated heterocycles. The third-order valence-corrected chi connectivity index (χ3v) is 2.98. The van der Waals surface area contributed by atoms with Crippen molar-refractivity contribution in [3.63, 3.8) is 0 Å². The topological polar surface area (TPSA) is 50.2 Å². The molecule has 1 aromatic rings. The van der Waals surface area contributed by atoms with Crippen LogP contribution in [0.15, 0.2) is 23.5 Å². The van der Waals surface area contributed by atoms with E-state index in [0.29, 0.717) is 11.9 Å². The number of aryl methyl sites for hydroxylation is 1. The van der Waals surface area contributed by atoms with Crippen LogP contribution in [0.1, 0.15) is 52.4 Å². The summed E-state index contributed by atoms with van der Waals surface area (Å²) >= 11 is 0. The van der Waals surface area contributed by atoms with Crippen LogP contribution in [-0.2, 0) is 6.42 Å². The zero-order valence-corrected chi connectivity index (χ0v) is 12.6. The zero-order valence-electron chi connectivity index (χ0n) is 12.6. The minimum atomic E-state index is 0.404. The second-order valence-corrected chi connectivity index (χ2v) is 4.57. The molecule has 0 radical (unpaired) electrons. The van der Waals surface area contributed by atoms with E-state index < -0.39 is 0 Å². The number of aromatic nitrogens is 2. The lowest BCUT2D eigenvalue weighted by Crippen LogP contribution is -2.17. The molecule has 0 amide bonds. The molecule has 1 heterocycles. The number of aliphatic imine (C=N–C) groups is 1. The maximum atomic E-state index is 4.60. The van der Waals surface area contributed by atoms with Gasteiger partial charge in [-0.05, 0) is 33.6 Å². The van der Waals surface area contributed by atoms with E-state index in [2.05, 4.69) is 41.0 Å². The van der Waals surface area contributed by atoms with Crippen LogP contribution in [0.4, 0.5) is 5.82 Å². The van der Waals surface area contributed by atoms with E-state index >= 15 is 0 Å². The van der Waals surface area contributed by atoms with Gasteiger partial charge in [0.1, 0.15) is 5.82 Å². The molecule has 0 aliphatic heterocycles. The van der Waals surface area contributed by atoms with Gasteiger partial charge in [0.2, 0.25) is 0 Å².